The van der Waals surface area contributed by atoms with Crippen LogP contribution >= 0.6 is 12.6 Å². The van der Waals surface area contributed by atoms with Crippen molar-refractivity contribution < 1.29 is 32.2 Å². The van der Waals surface area contributed by atoms with Gasteiger partial charge in [0.25, 0.3) is 0 Å². The minimum absolute atomic E-state index is 0.0337. The number of esters is 1. The van der Waals surface area contributed by atoms with Crippen molar-refractivity contribution in [1.29, 1.82) is 0 Å². The smallest absolute Gasteiger partial charge is 0.410 e. The Kier molecular flexibility index (Phi) is 7.96. The van der Waals surface area contributed by atoms with Crippen molar-refractivity contribution in [2.24, 2.45) is 0 Å². The summed E-state index contributed by atoms with van der Waals surface area (Å²) in [5.74, 6) is -0.934. The molecule has 1 aromatic rings. The molecule has 1 aromatic carbocycles. The standard InChI is InChI=1S/C17H24N2O7S2/c1-24-14-5-3-12(4-6-14)10-26-17(21)19-9-15(27)7-13(19)8-18-28(22,23)11-16(20)25-2/h3-6,13,15,18,27H,7-11H2,1-2H3/t13-,15-/m0/s1. The first kappa shape index (κ1) is 22.3. The van der Waals surface area contributed by atoms with Crippen molar-refractivity contribution in [3.05, 3.63) is 29.8 Å². The highest BCUT2D eigenvalue weighted by atomic mass is 32.2. The number of rotatable bonds is 8. The number of nitrogens with zero attached hydrogens (tertiary/aromatic N) is 1. The fraction of sp³-hybridized carbons (Fsp3) is 0.529. The molecule has 1 aliphatic heterocycles. The summed E-state index contributed by atoms with van der Waals surface area (Å²) in [6, 6.07) is 6.69. The monoisotopic (exact) mass is 432 g/mol. The average Bonchev–Trinajstić information content (AvgIpc) is 3.05. The molecule has 0 spiro atoms. The molecule has 1 heterocycles. The van der Waals surface area contributed by atoms with Crippen molar-refractivity contribution in [3.8, 4) is 5.75 Å². The number of hydrogen-bond donors (Lipinski definition) is 2. The summed E-state index contributed by atoms with van der Waals surface area (Å²) in [4.78, 5) is 25.0. The van der Waals surface area contributed by atoms with Crippen LogP contribution in [0, 0.1) is 0 Å². The summed E-state index contributed by atoms with van der Waals surface area (Å²) in [5.41, 5.74) is 0.797. The maximum Gasteiger partial charge on any atom is 0.410 e. The number of likely N-dealkylation sites (tertiary alicyclic amines) is 1. The van der Waals surface area contributed by atoms with E-state index in [2.05, 4.69) is 22.1 Å². The normalized spacial score (nSPS) is 19.3. The van der Waals surface area contributed by atoms with Crippen LogP contribution in [-0.4, -0.2) is 69.7 Å². The van der Waals surface area contributed by atoms with Crippen LogP contribution in [0.4, 0.5) is 4.79 Å². The molecule has 1 N–H and O–H groups in total. The van der Waals surface area contributed by atoms with Gasteiger partial charge in [-0.15, -0.1) is 0 Å². The summed E-state index contributed by atoms with van der Waals surface area (Å²) < 4.78 is 40.9. The van der Waals surface area contributed by atoms with Gasteiger partial charge >= 0.3 is 12.1 Å². The lowest BCUT2D eigenvalue weighted by Gasteiger charge is -2.24. The Morgan fingerprint density at radius 2 is 1.93 bits per heavy atom. The van der Waals surface area contributed by atoms with Crippen LogP contribution in [0.25, 0.3) is 0 Å². The van der Waals surface area contributed by atoms with Crippen molar-refractivity contribution >= 4 is 34.7 Å². The van der Waals surface area contributed by atoms with Crippen molar-refractivity contribution in [2.75, 3.05) is 33.1 Å². The van der Waals surface area contributed by atoms with Crippen LogP contribution in [-0.2, 0) is 30.9 Å². The van der Waals surface area contributed by atoms with Crippen LogP contribution in [0.1, 0.15) is 12.0 Å². The third-order valence-electron chi connectivity index (χ3n) is 4.22. The first-order valence-corrected chi connectivity index (χ1v) is 10.7. The van der Waals surface area contributed by atoms with Gasteiger partial charge in [-0.2, -0.15) is 12.6 Å². The van der Waals surface area contributed by atoms with Gasteiger partial charge in [0.1, 0.15) is 12.4 Å². The molecule has 28 heavy (non-hydrogen) atoms. The van der Waals surface area contributed by atoms with E-state index in [-0.39, 0.29) is 18.4 Å². The highest BCUT2D eigenvalue weighted by Gasteiger charge is 2.35. The molecule has 0 bridgehead atoms. The van der Waals surface area contributed by atoms with E-state index < -0.39 is 33.9 Å². The zero-order chi connectivity index (χ0) is 20.7. The number of hydrogen-bond acceptors (Lipinski definition) is 8. The fourth-order valence-electron chi connectivity index (χ4n) is 2.75. The van der Waals surface area contributed by atoms with E-state index in [1.165, 1.54) is 4.90 Å². The van der Waals surface area contributed by atoms with E-state index in [0.29, 0.717) is 18.7 Å². The van der Waals surface area contributed by atoms with Crippen LogP contribution in [0.2, 0.25) is 0 Å². The Morgan fingerprint density at radius 3 is 2.54 bits per heavy atom. The summed E-state index contributed by atoms with van der Waals surface area (Å²) in [5, 5.41) is -0.0938. The fourth-order valence-corrected chi connectivity index (χ4v) is 4.14. The molecule has 0 radical (unpaired) electrons. The number of amides is 1. The van der Waals surface area contributed by atoms with Gasteiger partial charge in [-0.1, -0.05) is 12.1 Å². The molecule has 1 saturated heterocycles. The van der Waals surface area contributed by atoms with E-state index in [9.17, 15) is 18.0 Å². The Labute approximate surface area is 169 Å². The Bertz CT molecular complexity index is 783. The maximum atomic E-state index is 12.4. The molecule has 0 unspecified atom stereocenters. The molecule has 156 valence electrons. The molecule has 11 heteroatoms. The quantitative estimate of drug-likeness (QED) is 0.462. The number of ether oxygens (including phenoxy) is 3. The van der Waals surface area contributed by atoms with E-state index in [1.807, 2.05) is 0 Å². The zero-order valence-electron chi connectivity index (χ0n) is 15.7. The second kappa shape index (κ2) is 9.99. The van der Waals surface area contributed by atoms with Crippen LogP contribution < -0.4 is 9.46 Å². The molecule has 0 saturated carbocycles. The molecule has 0 aliphatic carbocycles. The van der Waals surface area contributed by atoms with E-state index in [0.717, 1.165) is 12.7 Å². The summed E-state index contributed by atoms with van der Waals surface area (Å²) in [6.45, 7) is 0.388. The maximum absolute atomic E-state index is 12.4. The van der Waals surface area contributed by atoms with E-state index in [4.69, 9.17) is 9.47 Å². The number of carbonyl (C=O) groups excluding carboxylic acids is 2. The lowest BCUT2D eigenvalue weighted by Crippen LogP contribution is -2.44. The van der Waals surface area contributed by atoms with Crippen molar-refractivity contribution in [2.45, 2.75) is 24.3 Å². The summed E-state index contributed by atoms with van der Waals surface area (Å²) in [7, 11) is -1.17. The SMILES string of the molecule is COC(=O)CS(=O)(=O)NC[C@@H]1C[C@H](S)CN1C(=O)OCc1ccc(OC)cc1. The molecule has 1 aliphatic rings. The topological polar surface area (TPSA) is 111 Å². The zero-order valence-corrected chi connectivity index (χ0v) is 17.4. The third kappa shape index (κ3) is 6.57. The molecule has 0 aromatic heterocycles. The Hall–Kier alpha value is -1.98. The molecule has 1 amide bonds. The van der Waals surface area contributed by atoms with Crippen molar-refractivity contribution in [3.63, 3.8) is 0 Å². The average molecular weight is 433 g/mol. The number of carbonyl (C=O) groups is 2. The van der Waals surface area contributed by atoms with Gasteiger partial charge in [0.2, 0.25) is 10.0 Å². The lowest BCUT2D eigenvalue weighted by atomic mass is 10.2. The van der Waals surface area contributed by atoms with Gasteiger partial charge in [-0.25, -0.2) is 17.9 Å². The van der Waals surface area contributed by atoms with Crippen molar-refractivity contribution in [1.82, 2.24) is 9.62 Å². The molecule has 1 fully saturated rings. The number of methoxy groups -OCH3 is 2. The van der Waals surface area contributed by atoms with Gasteiger partial charge in [-0.3, -0.25) is 4.79 Å². The largest absolute Gasteiger partial charge is 0.497 e. The van der Waals surface area contributed by atoms with Crippen LogP contribution in [0.5, 0.6) is 5.75 Å². The van der Waals surface area contributed by atoms with E-state index >= 15 is 0 Å². The van der Waals surface area contributed by atoms with Gasteiger partial charge in [0.05, 0.1) is 14.2 Å². The van der Waals surface area contributed by atoms with Gasteiger partial charge < -0.3 is 19.1 Å². The second-order valence-corrected chi connectivity index (χ2v) is 8.82. The number of sulfonamides is 1. The molecular weight excluding hydrogens is 408 g/mol. The second-order valence-electron chi connectivity index (χ2n) is 6.28. The Balaban J connectivity index is 1.90. The number of benzene rings is 1. The predicted molar refractivity (Wildman–Crippen MR) is 105 cm³/mol. The highest BCUT2D eigenvalue weighted by Crippen LogP contribution is 2.23. The number of thiol groups is 1. The van der Waals surface area contributed by atoms with Gasteiger partial charge in [0.15, 0.2) is 5.75 Å². The molecule has 9 nitrogen and oxygen atoms in total. The molecule has 2 rings (SSSR count). The molecule has 2 atom stereocenters. The van der Waals surface area contributed by atoms with Gasteiger partial charge in [-0.05, 0) is 24.1 Å². The third-order valence-corrected chi connectivity index (χ3v) is 5.82. The first-order valence-electron chi connectivity index (χ1n) is 8.52. The highest BCUT2D eigenvalue weighted by molar-refractivity contribution is 7.90. The Morgan fingerprint density at radius 1 is 1.25 bits per heavy atom. The summed E-state index contributed by atoms with van der Waals surface area (Å²) in [6.07, 6.45) is -0.0499. The van der Waals surface area contributed by atoms with Gasteiger partial charge in [0, 0.05) is 24.4 Å². The molecular formula is C17H24N2O7S2. The van der Waals surface area contributed by atoms with Crippen LogP contribution in [0.15, 0.2) is 24.3 Å². The minimum Gasteiger partial charge on any atom is -0.497 e. The number of nitrogens with one attached hydrogen (secondary N) is 1. The van der Waals surface area contributed by atoms with Crippen LogP contribution in [0.3, 0.4) is 0 Å². The predicted octanol–water partition coefficient (Wildman–Crippen LogP) is 0.797. The van der Waals surface area contributed by atoms with E-state index in [1.54, 1.807) is 31.4 Å². The lowest BCUT2D eigenvalue weighted by molar-refractivity contribution is -0.137. The minimum atomic E-state index is -3.85. The first-order chi connectivity index (χ1) is 13.2. The summed E-state index contributed by atoms with van der Waals surface area (Å²) >= 11 is 4.39.